The molecule has 0 atom stereocenters. The number of carbonyl (C=O) groups is 2. The fourth-order valence-electron chi connectivity index (χ4n) is 4.99. The molecule has 2 fully saturated rings. The van der Waals surface area contributed by atoms with E-state index in [0.717, 1.165) is 49.8 Å². The molecule has 5 nitrogen and oxygen atoms in total. The molecule has 5 heteroatoms. The van der Waals surface area contributed by atoms with Crippen LogP contribution in [0.5, 0.6) is 0 Å². The molecular formula is C25H39N3O2. The maximum absolute atomic E-state index is 13.2. The first-order valence-corrected chi connectivity index (χ1v) is 12.0. The van der Waals surface area contributed by atoms with Gasteiger partial charge in [0.05, 0.1) is 0 Å². The van der Waals surface area contributed by atoms with E-state index < -0.39 is 0 Å². The molecule has 30 heavy (non-hydrogen) atoms. The Bertz CT molecular complexity index is 679. The molecule has 2 aliphatic carbocycles. The van der Waals surface area contributed by atoms with E-state index in [2.05, 4.69) is 5.32 Å². The number of rotatable bonds is 10. The Hall–Kier alpha value is -1.88. The van der Waals surface area contributed by atoms with Gasteiger partial charge in [-0.2, -0.15) is 0 Å². The lowest BCUT2D eigenvalue weighted by Crippen LogP contribution is -2.38. The molecule has 0 bridgehead atoms. The smallest absolute Gasteiger partial charge is 0.225 e. The van der Waals surface area contributed by atoms with Crippen LogP contribution in [0.25, 0.3) is 0 Å². The molecule has 0 aromatic heterocycles. The van der Waals surface area contributed by atoms with Crippen LogP contribution < -0.4 is 11.1 Å². The molecule has 3 N–H and O–H groups in total. The van der Waals surface area contributed by atoms with E-state index in [9.17, 15) is 9.59 Å². The van der Waals surface area contributed by atoms with Crippen LogP contribution in [0.2, 0.25) is 0 Å². The Morgan fingerprint density at radius 1 is 1.00 bits per heavy atom. The number of hydrogen-bond acceptors (Lipinski definition) is 3. The third-order valence-electron chi connectivity index (χ3n) is 6.81. The first kappa shape index (κ1) is 22.8. The number of carbonyl (C=O) groups excluding carboxylic acids is 2. The molecule has 1 aromatic rings. The Balaban J connectivity index is 1.62. The number of hydrogen-bond donors (Lipinski definition) is 2. The quantitative estimate of drug-likeness (QED) is 0.575. The fraction of sp³-hybridized carbons (Fsp3) is 0.680. The molecule has 0 radical (unpaired) electrons. The van der Waals surface area contributed by atoms with E-state index in [0.29, 0.717) is 32.0 Å². The second kappa shape index (κ2) is 12.1. The van der Waals surface area contributed by atoms with Gasteiger partial charge in [0, 0.05) is 31.1 Å². The molecule has 0 aliphatic heterocycles. The molecule has 166 valence electrons. The highest BCUT2D eigenvalue weighted by Crippen LogP contribution is 2.29. The predicted molar refractivity (Wildman–Crippen MR) is 122 cm³/mol. The lowest BCUT2D eigenvalue weighted by Gasteiger charge is -2.30. The zero-order chi connectivity index (χ0) is 21.2. The Kier molecular flexibility index (Phi) is 9.19. The average molecular weight is 414 g/mol. The van der Waals surface area contributed by atoms with Crippen molar-refractivity contribution in [1.29, 1.82) is 0 Å². The summed E-state index contributed by atoms with van der Waals surface area (Å²) < 4.78 is 0. The van der Waals surface area contributed by atoms with Crippen molar-refractivity contribution in [1.82, 2.24) is 4.90 Å². The van der Waals surface area contributed by atoms with Crippen molar-refractivity contribution in [2.45, 2.75) is 83.6 Å². The summed E-state index contributed by atoms with van der Waals surface area (Å²) in [5, 5.41) is 3.11. The van der Waals surface area contributed by atoms with Crippen molar-refractivity contribution in [3.8, 4) is 0 Å². The van der Waals surface area contributed by atoms with Crippen molar-refractivity contribution in [3.05, 3.63) is 29.8 Å². The van der Waals surface area contributed by atoms with E-state index in [1.54, 1.807) is 0 Å². The topological polar surface area (TPSA) is 75.4 Å². The first-order chi connectivity index (χ1) is 14.7. The second-order valence-corrected chi connectivity index (χ2v) is 9.13. The average Bonchev–Trinajstić information content (AvgIpc) is 3.30. The summed E-state index contributed by atoms with van der Waals surface area (Å²) in [6.07, 6.45) is 13.0. The summed E-state index contributed by atoms with van der Waals surface area (Å²) in [5.74, 6) is 1.20. The molecule has 3 rings (SSSR count). The SMILES string of the molecule is NCCCN(Cc1ccccc1NC(=O)CCC1CCCC1)C(=O)C1CCCCC1. The molecular weight excluding hydrogens is 374 g/mol. The predicted octanol–water partition coefficient (Wildman–Crippen LogP) is 4.85. The lowest BCUT2D eigenvalue weighted by molar-refractivity contribution is -0.137. The summed E-state index contributed by atoms with van der Waals surface area (Å²) in [5.41, 5.74) is 7.58. The standard InChI is InChI=1S/C25H39N3O2/c26-17-8-18-28(25(30)21-11-2-1-3-12-21)19-22-13-6-7-14-23(22)27-24(29)16-15-20-9-4-5-10-20/h6-7,13-14,20-21H,1-5,8-12,15-19,26H2,(H,27,29). The van der Waals surface area contributed by atoms with Crippen LogP contribution in [-0.2, 0) is 16.1 Å². The Labute approximate surface area is 181 Å². The van der Waals surface area contributed by atoms with E-state index >= 15 is 0 Å². The molecule has 0 heterocycles. The zero-order valence-electron chi connectivity index (χ0n) is 18.4. The van der Waals surface area contributed by atoms with Crippen molar-refractivity contribution >= 4 is 17.5 Å². The first-order valence-electron chi connectivity index (χ1n) is 12.0. The van der Waals surface area contributed by atoms with Crippen molar-refractivity contribution in [3.63, 3.8) is 0 Å². The van der Waals surface area contributed by atoms with Gasteiger partial charge in [-0.3, -0.25) is 9.59 Å². The minimum absolute atomic E-state index is 0.0847. The summed E-state index contributed by atoms with van der Waals surface area (Å²) in [7, 11) is 0. The number of amides is 2. The van der Waals surface area contributed by atoms with E-state index in [4.69, 9.17) is 5.73 Å². The van der Waals surface area contributed by atoms with Crippen LogP contribution >= 0.6 is 0 Å². The van der Waals surface area contributed by atoms with Crippen LogP contribution in [-0.4, -0.2) is 29.8 Å². The minimum atomic E-state index is 0.0847. The number of nitrogens with two attached hydrogens (primary N) is 1. The number of benzene rings is 1. The zero-order valence-corrected chi connectivity index (χ0v) is 18.4. The number of anilines is 1. The largest absolute Gasteiger partial charge is 0.338 e. The lowest BCUT2D eigenvalue weighted by atomic mass is 9.88. The highest BCUT2D eigenvalue weighted by molar-refractivity contribution is 5.91. The van der Waals surface area contributed by atoms with Gasteiger partial charge in [0.15, 0.2) is 0 Å². The van der Waals surface area contributed by atoms with Crippen LogP contribution in [0.1, 0.15) is 82.6 Å². The van der Waals surface area contributed by atoms with Gasteiger partial charge in [0.1, 0.15) is 0 Å². The van der Waals surface area contributed by atoms with Gasteiger partial charge in [-0.25, -0.2) is 0 Å². The van der Waals surface area contributed by atoms with Gasteiger partial charge in [0.2, 0.25) is 11.8 Å². The summed E-state index contributed by atoms with van der Waals surface area (Å²) >= 11 is 0. The van der Waals surface area contributed by atoms with Gasteiger partial charge >= 0.3 is 0 Å². The van der Waals surface area contributed by atoms with Crippen molar-refractivity contribution < 1.29 is 9.59 Å². The van der Waals surface area contributed by atoms with Crippen molar-refractivity contribution in [2.24, 2.45) is 17.6 Å². The second-order valence-electron chi connectivity index (χ2n) is 9.13. The van der Waals surface area contributed by atoms with Gasteiger partial charge in [-0.1, -0.05) is 63.1 Å². The Morgan fingerprint density at radius 2 is 1.70 bits per heavy atom. The fourth-order valence-corrected chi connectivity index (χ4v) is 4.99. The monoisotopic (exact) mass is 413 g/mol. The van der Waals surface area contributed by atoms with E-state index in [-0.39, 0.29) is 17.7 Å². The van der Waals surface area contributed by atoms with E-state index in [1.807, 2.05) is 29.2 Å². The third-order valence-corrected chi connectivity index (χ3v) is 6.81. The van der Waals surface area contributed by atoms with Crippen molar-refractivity contribution in [2.75, 3.05) is 18.4 Å². The third kappa shape index (κ3) is 6.83. The maximum atomic E-state index is 13.2. The molecule has 0 spiro atoms. The Morgan fingerprint density at radius 3 is 2.43 bits per heavy atom. The minimum Gasteiger partial charge on any atom is -0.338 e. The molecule has 2 amide bonds. The molecule has 0 saturated heterocycles. The van der Waals surface area contributed by atoms with Crippen LogP contribution in [0.3, 0.4) is 0 Å². The normalized spacial score (nSPS) is 17.8. The molecule has 2 aliphatic rings. The summed E-state index contributed by atoms with van der Waals surface area (Å²) in [6.45, 7) is 1.79. The van der Waals surface area contributed by atoms with Gasteiger partial charge in [0.25, 0.3) is 0 Å². The maximum Gasteiger partial charge on any atom is 0.225 e. The van der Waals surface area contributed by atoms with Gasteiger partial charge in [-0.05, 0) is 49.8 Å². The highest BCUT2D eigenvalue weighted by Gasteiger charge is 2.26. The molecule has 1 aromatic carbocycles. The van der Waals surface area contributed by atoms with Crippen LogP contribution in [0.4, 0.5) is 5.69 Å². The number of para-hydroxylation sites is 1. The number of nitrogens with zero attached hydrogens (tertiary/aromatic N) is 1. The molecule has 2 saturated carbocycles. The van der Waals surface area contributed by atoms with E-state index in [1.165, 1.54) is 32.1 Å². The van der Waals surface area contributed by atoms with Crippen LogP contribution in [0.15, 0.2) is 24.3 Å². The van der Waals surface area contributed by atoms with Gasteiger partial charge in [-0.15, -0.1) is 0 Å². The summed E-state index contributed by atoms with van der Waals surface area (Å²) in [6, 6.07) is 7.91. The number of nitrogens with one attached hydrogen (secondary N) is 1. The molecule has 0 unspecified atom stereocenters. The highest BCUT2D eigenvalue weighted by atomic mass is 16.2. The van der Waals surface area contributed by atoms with Crippen LogP contribution in [0, 0.1) is 11.8 Å². The van der Waals surface area contributed by atoms with Gasteiger partial charge < -0.3 is 16.0 Å². The summed E-state index contributed by atoms with van der Waals surface area (Å²) in [4.78, 5) is 27.7.